The molecular formula is C20H14O14. The zero-order chi connectivity index (χ0) is 24.6. The summed E-state index contributed by atoms with van der Waals surface area (Å²) in [6.07, 6.45) is -10.1. The molecule has 2 aromatic carbocycles. The smallest absolute Gasteiger partial charge is 0.344 e. The highest BCUT2D eigenvalue weighted by Gasteiger charge is 2.48. The molecule has 178 valence electrons. The first-order chi connectivity index (χ1) is 16.0. The summed E-state index contributed by atoms with van der Waals surface area (Å²) in [5.74, 6) is -4.82. The van der Waals surface area contributed by atoms with Crippen LogP contribution in [0.3, 0.4) is 0 Å². The van der Waals surface area contributed by atoms with Crippen molar-refractivity contribution in [3.8, 4) is 23.0 Å². The van der Waals surface area contributed by atoms with Crippen molar-refractivity contribution < 1.29 is 58.8 Å². The summed E-state index contributed by atoms with van der Waals surface area (Å²) in [4.78, 5) is 36.4. The molecule has 5 atom stereocenters. The lowest BCUT2D eigenvalue weighted by Crippen LogP contribution is -2.61. The molecule has 1 fully saturated rings. The molecule has 14 heteroatoms. The van der Waals surface area contributed by atoms with E-state index in [0.29, 0.717) is 0 Å². The Morgan fingerprint density at radius 3 is 2.00 bits per heavy atom. The van der Waals surface area contributed by atoms with Crippen LogP contribution in [0, 0.1) is 0 Å². The molecule has 0 aliphatic carbocycles. The Bertz CT molecular complexity index is 1580. The zero-order valence-electron chi connectivity index (χ0n) is 16.5. The van der Waals surface area contributed by atoms with E-state index in [1.54, 1.807) is 0 Å². The number of phenolic OH excluding ortho intramolecular Hbond substituents is 3. The van der Waals surface area contributed by atoms with Crippen molar-refractivity contribution in [1.82, 2.24) is 0 Å². The molecule has 1 saturated heterocycles. The number of hydrogen-bond acceptors (Lipinski definition) is 13. The van der Waals surface area contributed by atoms with Gasteiger partial charge in [0.15, 0.2) is 28.8 Å². The Kier molecular flexibility index (Phi) is 4.60. The van der Waals surface area contributed by atoms with Gasteiger partial charge >= 0.3 is 17.2 Å². The minimum atomic E-state index is -2.03. The first-order valence-electron chi connectivity index (χ1n) is 9.54. The molecule has 0 radical (unpaired) electrons. The third-order valence-corrected chi connectivity index (χ3v) is 5.58. The average molecular weight is 478 g/mol. The fourth-order valence-electron chi connectivity index (χ4n) is 3.95. The molecule has 14 nitrogen and oxygen atoms in total. The van der Waals surface area contributed by atoms with Crippen molar-refractivity contribution in [2.75, 3.05) is 0 Å². The van der Waals surface area contributed by atoms with E-state index in [-0.39, 0.29) is 21.5 Å². The molecule has 0 saturated carbocycles. The molecule has 4 aromatic rings. The number of carboxylic acids is 1. The molecule has 0 amide bonds. The predicted octanol–water partition coefficient (Wildman–Crippen LogP) is -1.12. The van der Waals surface area contributed by atoms with Gasteiger partial charge in [-0.05, 0) is 12.1 Å². The maximum atomic E-state index is 12.6. The number of aliphatic hydroxyl groups excluding tert-OH is 3. The number of benzene rings is 2. The summed E-state index contributed by atoms with van der Waals surface area (Å²) in [6.45, 7) is 0. The molecule has 0 bridgehead atoms. The van der Waals surface area contributed by atoms with Crippen molar-refractivity contribution in [2.24, 2.45) is 0 Å². The van der Waals surface area contributed by atoms with Crippen LogP contribution in [0.4, 0.5) is 0 Å². The topological polar surface area (TPSA) is 238 Å². The van der Waals surface area contributed by atoms with E-state index >= 15 is 0 Å². The fraction of sp³-hybridized carbons (Fsp3) is 0.250. The second-order valence-electron chi connectivity index (χ2n) is 7.60. The van der Waals surface area contributed by atoms with E-state index in [9.17, 15) is 50.1 Å². The second-order valence-corrected chi connectivity index (χ2v) is 7.60. The normalized spacial score (nSPS) is 25.3. The quantitative estimate of drug-likeness (QED) is 0.105. The molecule has 1 aliphatic heterocycles. The summed E-state index contributed by atoms with van der Waals surface area (Å²) >= 11 is 0. The molecule has 5 rings (SSSR count). The van der Waals surface area contributed by atoms with E-state index in [1.165, 1.54) is 0 Å². The molecule has 34 heavy (non-hydrogen) atoms. The monoisotopic (exact) mass is 478 g/mol. The molecule has 2 aromatic heterocycles. The molecule has 1 aliphatic rings. The maximum Gasteiger partial charge on any atom is 0.344 e. The Hall–Kier alpha value is -4.11. The second kappa shape index (κ2) is 7.19. The van der Waals surface area contributed by atoms with Gasteiger partial charge in [0, 0.05) is 10.8 Å². The number of aliphatic carboxylic acids is 1. The van der Waals surface area contributed by atoms with Gasteiger partial charge in [-0.2, -0.15) is 0 Å². The van der Waals surface area contributed by atoms with Gasteiger partial charge in [0.25, 0.3) is 0 Å². The highest BCUT2D eigenvalue weighted by molar-refractivity contribution is 6.22. The van der Waals surface area contributed by atoms with Crippen molar-refractivity contribution in [3.63, 3.8) is 0 Å². The van der Waals surface area contributed by atoms with Gasteiger partial charge in [-0.25, -0.2) is 14.4 Å². The van der Waals surface area contributed by atoms with E-state index in [2.05, 4.69) is 0 Å². The van der Waals surface area contributed by atoms with Crippen LogP contribution in [0.15, 0.2) is 30.6 Å². The highest BCUT2D eigenvalue weighted by Crippen LogP contribution is 2.45. The Morgan fingerprint density at radius 1 is 0.824 bits per heavy atom. The van der Waals surface area contributed by atoms with Gasteiger partial charge in [0.1, 0.15) is 18.3 Å². The fourth-order valence-corrected chi connectivity index (χ4v) is 3.95. The van der Waals surface area contributed by atoms with Crippen LogP contribution in [0.25, 0.3) is 32.7 Å². The summed E-state index contributed by atoms with van der Waals surface area (Å²) in [5.41, 5.74) is -3.32. The third-order valence-electron chi connectivity index (χ3n) is 5.58. The van der Waals surface area contributed by atoms with Crippen LogP contribution in [0.1, 0.15) is 0 Å². The first kappa shape index (κ1) is 21.7. The van der Waals surface area contributed by atoms with E-state index in [0.717, 1.165) is 12.1 Å². The lowest BCUT2D eigenvalue weighted by Gasteiger charge is -2.38. The van der Waals surface area contributed by atoms with Crippen molar-refractivity contribution in [2.45, 2.75) is 30.7 Å². The molecule has 7 N–H and O–H groups in total. The van der Waals surface area contributed by atoms with Crippen LogP contribution < -0.4 is 16.0 Å². The minimum absolute atomic E-state index is 0.162. The van der Waals surface area contributed by atoms with Crippen molar-refractivity contribution in [3.05, 3.63) is 33.0 Å². The summed E-state index contributed by atoms with van der Waals surface area (Å²) in [5, 5.41) is 68.8. The van der Waals surface area contributed by atoms with Crippen LogP contribution in [0.2, 0.25) is 0 Å². The molecular weight excluding hydrogens is 464 g/mol. The Morgan fingerprint density at radius 2 is 1.38 bits per heavy atom. The Balaban J connectivity index is 1.78. The van der Waals surface area contributed by atoms with E-state index in [1.807, 2.05) is 0 Å². The number of hydrogen-bond donors (Lipinski definition) is 7. The summed E-state index contributed by atoms with van der Waals surface area (Å²) in [6, 6.07) is 1.74. The molecule has 0 spiro atoms. The van der Waals surface area contributed by atoms with Gasteiger partial charge in [0.2, 0.25) is 17.8 Å². The van der Waals surface area contributed by atoms with Crippen LogP contribution in [-0.2, 0) is 9.53 Å². The van der Waals surface area contributed by atoms with Gasteiger partial charge in [-0.1, -0.05) is 0 Å². The number of phenols is 3. The molecule has 1 unspecified atom stereocenters. The Labute approximate surface area is 185 Å². The highest BCUT2D eigenvalue weighted by atomic mass is 16.7. The zero-order valence-corrected chi connectivity index (χ0v) is 16.5. The summed E-state index contributed by atoms with van der Waals surface area (Å²) < 4.78 is 20.6. The minimum Gasteiger partial charge on any atom is -0.504 e. The summed E-state index contributed by atoms with van der Waals surface area (Å²) in [7, 11) is 0. The van der Waals surface area contributed by atoms with E-state index in [4.69, 9.17) is 18.3 Å². The number of rotatable bonds is 3. The lowest BCUT2D eigenvalue weighted by atomic mass is 9.99. The van der Waals surface area contributed by atoms with Gasteiger partial charge < -0.3 is 54.1 Å². The van der Waals surface area contributed by atoms with Crippen LogP contribution in [0.5, 0.6) is 23.0 Å². The number of carboxylic acid groups (broad SMARTS) is 1. The maximum absolute atomic E-state index is 12.6. The van der Waals surface area contributed by atoms with Crippen LogP contribution in [-0.4, -0.2) is 72.4 Å². The van der Waals surface area contributed by atoms with E-state index < -0.39 is 82.1 Å². The van der Waals surface area contributed by atoms with Crippen molar-refractivity contribution in [1.29, 1.82) is 0 Å². The third kappa shape index (κ3) is 2.87. The van der Waals surface area contributed by atoms with Gasteiger partial charge in [-0.15, -0.1) is 0 Å². The number of ether oxygens (including phenoxy) is 2. The average Bonchev–Trinajstić information content (AvgIpc) is 2.78. The number of aliphatic hydroxyl groups is 3. The van der Waals surface area contributed by atoms with Crippen LogP contribution >= 0.6 is 0 Å². The molecule has 3 heterocycles. The first-order valence-corrected chi connectivity index (χ1v) is 9.54. The standard InChI is InChI=1S/C20H14O14/c21-5-1-3-7-8-4(18(29)31-14(7)9(5)23)2-6(22)13(15(8)32-19(3)30)33-20-12(26)10(24)11(25)16(34-20)17(27)28/h1-2,10-12,16,20-26H,(H,27,28)/t10-,11-,12+,16-,20?/m0/s1. The van der Waals surface area contributed by atoms with Crippen molar-refractivity contribution >= 4 is 38.7 Å². The predicted molar refractivity (Wildman–Crippen MR) is 107 cm³/mol. The number of carbonyl (C=O) groups is 1. The van der Waals surface area contributed by atoms with Gasteiger partial charge in [-0.3, -0.25) is 0 Å². The number of aromatic hydroxyl groups is 3. The largest absolute Gasteiger partial charge is 0.504 e. The SMILES string of the molecule is O=C(O)[C@H]1OC(Oc2c(O)cc3c(=O)oc4c(O)c(O)cc5c(=O)oc2c3c45)[C@H](O)[C@@H](O)[C@@H]1O. The lowest BCUT2D eigenvalue weighted by molar-refractivity contribution is -0.271. The van der Waals surface area contributed by atoms with Gasteiger partial charge in [0.05, 0.1) is 10.8 Å².